The van der Waals surface area contributed by atoms with Gasteiger partial charge in [-0.1, -0.05) is 0 Å². The van der Waals surface area contributed by atoms with Gasteiger partial charge in [-0.05, 0) is 38.3 Å². The molecular formula is C18H25N9O2. The molecule has 11 heteroatoms. The number of likely N-dealkylation sites (N-methyl/N-ethyl adjacent to an activating group) is 1. The maximum Gasteiger partial charge on any atom is 0.227 e. The van der Waals surface area contributed by atoms with Crippen LogP contribution < -0.4 is 11.1 Å². The maximum absolute atomic E-state index is 11.9. The van der Waals surface area contributed by atoms with Gasteiger partial charge in [-0.25, -0.2) is 4.98 Å². The van der Waals surface area contributed by atoms with Crippen molar-refractivity contribution in [2.24, 2.45) is 5.73 Å². The van der Waals surface area contributed by atoms with Crippen molar-refractivity contribution in [1.82, 2.24) is 39.9 Å². The lowest BCUT2D eigenvalue weighted by Crippen LogP contribution is -2.41. The minimum absolute atomic E-state index is 0.00658. The highest BCUT2D eigenvalue weighted by Crippen LogP contribution is 2.33. The molecule has 1 aliphatic carbocycles. The number of fused-ring (bicyclic) bond motifs is 1. The Morgan fingerprint density at radius 1 is 1.31 bits per heavy atom. The minimum atomic E-state index is -0.146. The van der Waals surface area contributed by atoms with Crippen LogP contribution in [0.25, 0.3) is 11.5 Å². The molecular weight excluding hydrogens is 374 g/mol. The van der Waals surface area contributed by atoms with Crippen LogP contribution >= 0.6 is 0 Å². The van der Waals surface area contributed by atoms with E-state index in [1.807, 2.05) is 19.1 Å². The number of aryl methyl sites for hydroxylation is 1. The third-order valence-electron chi connectivity index (χ3n) is 5.41. The molecule has 0 aromatic carbocycles. The maximum atomic E-state index is 11.9. The zero-order valence-electron chi connectivity index (χ0n) is 16.7. The van der Waals surface area contributed by atoms with Crippen LogP contribution in [0.4, 0.5) is 0 Å². The van der Waals surface area contributed by atoms with Crippen LogP contribution in [0.5, 0.6) is 0 Å². The smallest absolute Gasteiger partial charge is 0.227 e. The van der Waals surface area contributed by atoms with Gasteiger partial charge in [0, 0.05) is 26.1 Å². The number of aromatic nitrogens is 7. The first-order chi connectivity index (χ1) is 14.0. The van der Waals surface area contributed by atoms with Crippen molar-refractivity contribution >= 4 is 11.6 Å². The molecule has 0 bridgehead atoms. The summed E-state index contributed by atoms with van der Waals surface area (Å²) in [6.07, 6.45) is 2.50. The largest absolute Gasteiger partial charge is 0.380 e. The Kier molecular flexibility index (Phi) is 5.24. The Bertz CT molecular complexity index is 1030. The summed E-state index contributed by atoms with van der Waals surface area (Å²) in [6.45, 7) is 1.84. The van der Waals surface area contributed by atoms with Crippen LogP contribution in [-0.4, -0.2) is 66.8 Å². The van der Waals surface area contributed by atoms with Crippen molar-refractivity contribution in [3.8, 4) is 5.82 Å². The molecule has 1 amide bonds. The van der Waals surface area contributed by atoms with Gasteiger partial charge in [-0.15, -0.1) is 20.4 Å². The number of ether oxygens (including phenoxy) is 1. The molecule has 0 spiro atoms. The van der Waals surface area contributed by atoms with Gasteiger partial charge >= 0.3 is 0 Å². The molecule has 11 nitrogen and oxygen atoms in total. The first-order valence-electron chi connectivity index (χ1n) is 9.64. The second kappa shape index (κ2) is 7.84. The molecule has 0 radical (unpaired) electrons. The summed E-state index contributed by atoms with van der Waals surface area (Å²) in [4.78, 5) is 16.6. The van der Waals surface area contributed by atoms with Gasteiger partial charge in [-0.3, -0.25) is 4.79 Å². The highest BCUT2D eigenvalue weighted by Gasteiger charge is 2.33. The fourth-order valence-electron chi connectivity index (χ4n) is 3.77. The van der Waals surface area contributed by atoms with Crippen LogP contribution in [0.15, 0.2) is 12.1 Å². The van der Waals surface area contributed by atoms with E-state index >= 15 is 0 Å². The summed E-state index contributed by atoms with van der Waals surface area (Å²) >= 11 is 0. The number of carbonyl (C=O) groups is 1. The van der Waals surface area contributed by atoms with Crippen LogP contribution in [0.2, 0.25) is 0 Å². The van der Waals surface area contributed by atoms with E-state index in [1.165, 1.54) is 0 Å². The molecule has 4 rings (SSSR count). The fourth-order valence-corrected chi connectivity index (χ4v) is 3.77. The van der Waals surface area contributed by atoms with E-state index in [0.29, 0.717) is 23.1 Å². The van der Waals surface area contributed by atoms with Crippen LogP contribution in [0.3, 0.4) is 0 Å². The first-order valence-corrected chi connectivity index (χ1v) is 9.64. The Labute approximate surface area is 167 Å². The third kappa shape index (κ3) is 3.70. The minimum Gasteiger partial charge on any atom is -0.380 e. The molecule has 0 unspecified atom stereocenters. The third-order valence-corrected chi connectivity index (χ3v) is 5.41. The van der Waals surface area contributed by atoms with Gasteiger partial charge in [0.15, 0.2) is 23.1 Å². The van der Waals surface area contributed by atoms with Gasteiger partial charge in [0.1, 0.15) is 5.82 Å². The normalized spacial score (nSPS) is 22.1. The van der Waals surface area contributed by atoms with Crippen molar-refractivity contribution < 1.29 is 9.53 Å². The molecule has 1 aliphatic rings. The molecule has 3 aromatic rings. The lowest BCUT2D eigenvalue weighted by molar-refractivity contribution is -0.120. The molecule has 1 saturated carbocycles. The first kappa shape index (κ1) is 19.4. The van der Waals surface area contributed by atoms with Crippen LogP contribution in [-0.2, 0) is 16.0 Å². The summed E-state index contributed by atoms with van der Waals surface area (Å²) in [5.41, 5.74) is 6.84. The summed E-state index contributed by atoms with van der Waals surface area (Å²) in [5.74, 6) is 2.44. The summed E-state index contributed by atoms with van der Waals surface area (Å²) in [5, 5.41) is 19.9. The number of amides is 1. The van der Waals surface area contributed by atoms with Crippen molar-refractivity contribution in [3.05, 3.63) is 29.6 Å². The van der Waals surface area contributed by atoms with E-state index in [0.717, 1.165) is 25.1 Å². The lowest BCUT2D eigenvalue weighted by atomic mass is 9.83. The molecule has 154 valence electrons. The van der Waals surface area contributed by atoms with Gasteiger partial charge in [0.05, 0.1) is 12.5 Å². The fraction of sp³-hybridized carbons (Fsp3) is 0.556. The predicted octanol–water partition coefficient (Wildman–Crippen LogP) is -0.0883. The summed E-state index contributed by atoms with van der Waals surface area (Å²) in [6, 6.07) is 3.67. The van der Waals surface area contributed by atoms with Gasteiger partial charge < -0.3 is 15.8 Å². The van der Waals surface area contributed by atoms with Gasteiger partial charge in [0.25, 0.3) is 0 Å². The number of methoxy groups -OCH3 is 1. The quantitative estimate of drug-likeness (QED) is 0.607. The van der Waals surface area contributed by atoms with E-state index in [-0.39, 0.29) is 30.4 Å². The van der Waals surface area contributed by atoms with E-state index in [2.05, 4.69) is 25.7 Å². The number of nitrogens with one attached hydrogen (secondary N) is 1. The molecule has 3 heterocycles. The Hall–Kier alpha value is -2.92. The number of rotatable bonds is 5. The number of carbonyl (C=O) groups excluding carboxylic acids is 1. The van der Waals surface area contributed by atoms with Crippen molar-refractivity contribution in [2.75, 3.05) is 14.2 Å². The van der Waals surface area contributed by atoms with E-state index in [9.17, 15) is 4.79 Å². The SMILES string of the molecule is CNC(=O)Cc1nc([C@H]2CC[C@@H](N)[C@H](OC)C2)n(-c2ccc3nnc(C)n3n2)n1. The molecule has 3 atom stereocenters. The van der Waals surface area contributed by atoms with Crippen molar-refractivity contribution in [3.63, 3.8) is 0 Å². The lowest BCUT2D eigenvalue weighted by Gasteiger charge is -2.32. The number of hydrogen-bond donors (Lipinski definition) is 2. The van der Waals surface area contributed by atoms with E-state index in [4.69, 9.17) is 15.5 Å². The second-order valence-electron chi connectivity index (χ2n) is 7.30. The highest BCUT2D eigenvalue weighted by molar-refractivity contribution is 5.77. The molecule has 0 aliphatic heterocycles. The van der Waals surface area contributed by atoms with E-state index < -0.39 is 0 Å². The molecule has 0 saturated heterocycles. The Morgan fingerprint density at radius 3 is 2.90 bits per heavy atom. The molecule has 3 N–H and O–H groups in total. The zero-order chi connectivity index (χ0) is 20.5. The average molecular weight is 399 g/mol. The Balaban J connectivity index is 1.76. The monoisotopic (exact) mass is 399 g/mol. The summed E-state index contributed by atoms with van der Waals surface area (Å²) in [7, 11) is 3.27. The topological polar surface area (TPSA) is 138 Å². The molecule has 29 heavy (non-hydrogen) atoms. The number of nitrogens with zero attached hydrogens (tertiary/aromatic N) is 7. The zero-order valence-corrected chi connectivity index (χ0v) is 16.7. The highest BCUT2D eigenvalue weighted by atomic mass is 16.5. The van der Waals surface area contributed by atoms with Crippen LogP contribution in [0.1, 0.15) is 42.7 Å². The predicted molar refractivity (Wildman–Crippen MR) is 104 cm³/mol. The standard InChI is InChI=1S/C18H25N9O2/c1-10-22-23-15-6-7-16(25-26(10)15)27-18(21-14(24-27)9-17(28)20-2)11-4-5-12(19)13(8-11)29-3/h6-7,11-13H,4-5,8-9,19H2,1-3H3,(H,20,28)/t11-,12+,13+/m0/s1. The number of nitrogens with two attached hydrogens (primary N) is 1. The average Bonchev–Trinajstić information content (AvgIpc) is 3.32. The van der Waals surface area contributed by atoms with Crippen LogP contribution in [0, 0.1) is 6.92 Å². The molecule has 3 aromatic heterocycles. The van der Waals surface area contributed by atoms with Gasteiger partial charge in [-0.2, -0.15) is 9.20 Å². The van der Waals surface area contributed by atoms with Crippen molar-refractivity contribution in [2.45, 2.75) is 50.7 Å². The molecule has 1 fully saturated rings. The second-order valence-corrected chi connectivity index (χ2v) is 7.30. The summed E-state index contributed by atoms with van der Waals surface area (Å²) < 4.78 is 8.94. The van der Waals surface area contributed by atoms with E-state index in [1.54, 1.807) is 23.4 Å². The van der Waals surface area contributed by atoms with Crippen molar-refractivity contribution in [1.29, 1.82) is 0 Å². The Morgan fingerprint density at radius 2 is 2.14 bits per heavy atom. The van der Waals surface area contributed by atoms with Gasteiger partial charge in [0.2, 0.25) is 5.91 Å². The number of hydrogen-bond acceptors (Lipinski definition) is 8.